The summed E-state index contributed by atoms with van der Waals surface area (Å²) in [7, 11) is -0.678. The molecule has 0 amide bonds. The third-order valence-electron chi connectivity index (χ3n) is 4.43. The summed E-state index contributed by atoms with van der Waals surface area (Å²) in [5.74, 6) is 0.836. The van der Waals surface area contributed by atoms with Gasteiger partial charge in [-0.05, 0) is 76.8 Å². The van der Waals surface area contributed by atoms with Crippen molar-refractivity contribution in [3.8, 4) is 0 Å². The van der Waals surface area contributed by atoms with Gasteiger partial charge in [0.25, 0.3) is 0 Å². The third kappa shape index (κ3) is 7.23. The molecule has 0 spiro atoms. The second-order valence-electron chi connectivity index (χ2n) is 6.59. The van der Waals surface area contributed by atoms with Crippen molar-refractivity contribution in [2.75, 3.05) is 0 Å². The second-order valence-corrected chi connectivity index (χ2v) is 8.77. The van der Waals surface area contributed by atoms with Crippen molar-refractivity contribution in [3.05, 3.63) is 124 Å². The summed E-state index contributed by atoms with van der Waals surface area (Å²) < 4.78 is 5.43. The van der Waals surface area contributed by atoms with Crippen LogP contribution in [0.1, 0.15) is 13.8 Å². The summed E-state index contributed by atoms with van der Waals surface area (Å²) in [6.07, 6.45) is 16.0. The Morgan fingerprint density at radius 1 is 0.767 bits per heavy atom. The molecular formula is C26H25FeO2P+2. The van der Waals surface area contributed by atoms with Crippen LogP contribution < -0.4 is 10.6 Å². The van der Waals surface area contributed by atoms with Gasteiger partial charge in [-0.25, -0.2) is 0 Å². The molecule has 0 aliphatic heterocycles. The Morgan fingerprint density at radius 3 is 1.67 bits per heavy atom. The van der Waals surface area contributed by atoms with E-state index in [-0.39, 0.29) is 29.1 Å². The van der Waals surface area contributed by atoms with Crippen molar-refractivity contribution in [1.29, 1.82) is 0 Å². The molecule has 4 rings (SSSR count). The molecule has 0 heterocycles. The Kier molecular flexibility index (Phi) is 11.1. The van der Waals surface area contributed by atoms with E-state index in [0.717, 1.165) is 5.92 Å². The normalized spacial score (nSPS) is 17.7. The molecule has 2 nitrogen and oxygen atoms in total. The first kappa shape index (κ1) is 25.1. The van der Waals surface area contributed by atoms with Crippen LogP contribution in [0.25, 0.3) is 0 Å². The average molecular weight is 456 g/mol. The smallest absolute Gasteiger partial charge is 0.462 e. The largest absolute Gasteiger partial charge is 2.00 e. The van der Waals surface area contributed by atoms with Crippen molar-refractivity contribution in [2.45, 2.75) is 20.0 Å². The molecule has 0 aromatic heterocycles. The Hall–Kier alpha value is -1.14. The zero-order chi connectivity index (χ0) is 20.5. The molecule has 1 atom stereocenters. The number of hydrogen-bond donors (Lipinski definition) is 0. The van der Waals surface area contributed by atoms with Crippen LogP contribution in [0.5, 0.6) is 0 Å². The SMILES string of the molecule is CC(=O)O[C@@H](C)[C]1[CH][CH][CH][C]1P(c1ccccc1)c1ccccc1.[CH]1[CH][CH][CH][CH]1.[Fe+2]. The number of carbonyl (C=O) groups is 1. The number of benzene rings is 2. The van der Waals surface area contributed by atoms with E-state index in [1.54, 1.807) is 0 Å². The number of rotatable bonds is 5. The molecule has 30 heavy (non-hydrogen) atoms. The summed E-state index contributed by atoms with van der Waals surface area (Å²) in [5.41, 5.74) is 1.25. The average Bonchev–Trinajstić information content (AvgIpc) is 3.45. The van der Waals surface area contributed by atoms with Crippen molar-refractivity contribution in [2.24, 2.45) is 0 Å². The van der Waals surface area contributed by atoms with Gasteiger partial charge in [-0.1, -0.05) is 60.7 Å². The summed E-state index contributed by atoms with van der Waals surface area (Å²) >= 11 is 0. The van der Waals surface area contributed by atoms with Gasteiger partial charge < -0.3 is 4.74 Å². The molecule has 2 saturated carbocycles. The first-order valence-electron chi connectivity index (χ1n) is 9.66. The number of hydrogen-bond acceptors (Lipinski definition) is 2. The van der Waals surface area contributed by atoms with E-state index in [2.05, 4.69) is 61.4 Å². The van der Waals surface area contributed by atoms with E-state index in [9.17, 15) is 4.79 Å². The fraction of sp³-hybridized carbons (Fsp3) is 0.115. The van der Waals surface area contributed by atoms with E-state index in [1.807, 2.05) is 57.6 Å². The van der Waals surface area contributed by atoms with E-state index in [1.165, 1.54) is 23.2 Å². The standard InChI is InChI=1S/C21H20O2P.C5H5.Fe/c1-16(23-17(2)22)20-14-9-15-21(20)24(18-10-5-3-6-11-18)19-12-7-4-8-13-19;1-2-4-5-3-1;/h3-16H,1-2H3;1-5H;/q;;+2/t16-;;/m0../s1. The zero-order valence-corrected chi connectivity index (χ0v) is 19.1. The molecule has 0 bridgehead atoms. The molecule has 2 aliphatic rings. The Balaban J connectivity index is 0.000000468. The van der Waals surface area contributed by atoms with Crippen molar-refractivity contribution in [3.63, 3.8) is 0 Å². The van der Waals surface area contributed by atoms with Gasteiger partial charge in [0, 0.05) is 18.5 Å². The van der Waals surface area contributed by atoms with Crippen LogP contribution >= 0.6 is 7.92 Å². The van der Waals surface area contributed by atoms with Gasteiger partial charge in [-0.15, -0.1) is 0 Å². The first-order chi connectivity index (χ1) is 14.2. The van der Waals surface area contributed by atoms with Crippen LogP contribution in [-0.4, -0.2) is 12.1 Å². The van der Waals surface area contributed by atoms with Crippen LogP contribution in [0.3, 0.4) is 0 Å². The van der Waals surface area contributed by atoms with E-state index in [0.29, 0.717) is 0 Å². The minimum Gasteiger partial charge on any atom is -0.462 e. The Labute approximate surface area is 194 Å². The quantitative estimate of drug-likeness (QED) is 0.366. The van der Waals surface area contributed by atoms with Gasteiger partial charge in [0.05, 0.1) is 0 Å². The summed E-state index contributed by atoms with van der Waals surface area (Å²) in [5, 5.41) is 2.59. The molecule has 2 fully saturated rings. The predicted octanol–water partition coefficient (Wildman–Crippen LogP) is 4.82. The Morgan fingerprint density at radius 2 is 1.23 bits per heavy atom. The topological polar surface area (TPSA) is 26.3 Å². The molecule has 2 aromatic carbocycles. The predicted molar refractivity (Wildman–Crippen MR) is 121 cm³/mol. The van der Waals surface area contributed by atoms with Crippen molar-refractivity contribution >= 4 is 24.5 Å². The van der Waals surface area contributed by atoms with Crippen LogP contribution in [-0.2, 0) is 26.6 Å². The maximum absolute atomic E-state index is 11.4. The van der Waals surface area contributed by atoms with Crippen LogP contribution in [0, 0.1) is 62.9 Å². The minimum atomic E-state index is -0.678. The van der Waals surface area contributed by atoms with Crippen molar-refractivity contribution in [1.82, 2.24) is 0 Å². The van der Waals surface area contributed by atoms with Crippen molar-refractivity contribution < 1.29 is 26.6 Å². The molecule has 4 heteroatoms. The summed E-state index contributed by atoms with van der Waals surface area (Å²) in [6, 6.07) is 21.1. The number of ether oxygens (including phenoxy) is 1. The monoisotopic (exact) mass is 456 g/mol. The Bertz CT molecular complexity index is 686. The summed E-state index contributed by atoms with van der Waals surface area (Å²) in [6.45, 7) is 3.39. The molecule has 2 aliphatic carbocycles. The fourth-order valence-electron chi connectivity index (χ4n) is 3.19. The molecule has 10 radical (unpaired) electrons. The molecule has 0 unspecified atom stereocenters. The number of carbonyl (C=O) groups excluding carboxylic acids is 1. The molecule has 0 N–H and O–H groups in total. The minimum absolute atomic E-state index is 0. The van der Waals surface area contributed by atoms with Gasteiger partial charge >= 0.3 is 23.0 Å². The van der Waals surface area contributed by atoms with Gasteiger partial charge in [0.2, 0.25) is 0 Å². The number of esters is 1. The van der Waals surface area contributed by atoms with Gasteiger partial charge in [0.15, 0.2) is 0 Å². The van der Waals surface area contributed by atoms with Crippen LogP contribution in [0.2, 0.25) is 0 Å². The fourth-order valence-corrected chi connectivity index (χ4v) is 5.73. The van der Waals surface area contributed by atoms with Gasteiger partial charge in [0.1, 0.15) is 6.10 Å². The molecule has 152 valence electrons. The van der Waals surface area contributed by atoms with Crippen LogP contribution in [0.4, 0.5) is 0 Å². The maximum atomic E-state index is 11.4. The van der Waals surface area contributed by atoms with E-state index < -0.39 is 7.92 Å². The van der Waals surface area contributed by atoms with E-state index in [4.69, 9.17) is 4.74 Å². The van der Waals surface area contributed by atoms with Gasteiger partial charge in [-0.2, -0.15) is 0 Å². The zero-order valence-electron chi connectivity index (χ0n) is 17.1. The van der Waals surface area contributed by atoms with Crippen LogP contribution in [0.15, 0.2) is 60.7 Å². The summed E-state index contributed by atoms with van der Waals surface area (Å²) in [4.78, 5) is 11.4. The maximum Gasteiger partial charge on any atom is 2.00 e. The molecule has 0 saturated heterocycles. The van der Waals surface area contributed by atoms with E-state index >= 15 is 0 Å². The third-order valence-corrected chi connectivity index (χ3v) is 6.95. The molecular weight excluding hydrogens is 431 g/mol. The first-order valence-corrected chi connectivity index (χ1v) is 11.0. The molecule has 2 aromatic rings. The van der Waals surface area contributed by atoms with Gasteiger partial charge in [-0.3, -0.25) is 4.79 Å². The second kappa shape index (κ2) is 13.3.